The van der Waals surface area contributed by atoms with Crippen LogP contribution in [0.5, 0.6) is 0 Å². The smallest absolute Gasteiger partial charge is 0.147 e. The van der Waals surface area contributed by atoms with Gasteiger partial charge in [0.25, 0.3) is 0 Å². The Hall–Kier alpha value is -0.810. The molecule has 0 amide bonds. The molecule has 1 rings (SSSR count). The lowest BCUT2D eigenvalue weighted by Crippen LogP contribution is -2.22. The number of furan rings is 1. The van der Waals surface area contributed by atoms with Crippen molar-refractivity contribution < 1.29 is 12.8 Å². The van der Waals surface area contributed by atoms with Crippen LogP contribution in [0.15, 0.2) is 16.7 Å². The lowest BCUT2D eigenvalue weighted by atomic mass is 10.1. The van der Waals surface area contributed by atoms with Gasteiger partial charge >= 0.3 is 0 Å². The molecule has 1 atom stereocenters. The van der Waals surface area contributed by atoms with Crippen molar-refractivity contribution in [2.75, 3.05) is 18.6 Å². The van der Waals surface area contributed by atoms with E-state index in [9.17, 15) is 8.42 Å². The first kappa shape index (κ1) is 15.2. The van der Waals surface area contributed by atoms with Gasteiger partial charge in [0.2, 0.25) is 0 Å². The molecule has 0 radical (unpaired) electrons. The van der Waals surface area contributed by atoms with Crippen LogP contribution >= 0.6 is 0 Å². The fraction of sp³-hybridized carbons (Fsp3) is 0.692. The molecule has 0 spiro atoms. The Morgan fingerprint density at radius 2 is 2.17 bits per heavy atom. The van der Waals surface area contributed by atoms with Crippen LogP contribution in [0.4, 0.5) is 0 Å². The quantitative estimate of drug-likeness (QED) is 0.790. The van der Waals surface area contributed by atoms with Crippen molar-refractivity contribution in [3.8, 4) is 0 Å². The fourth-order valence-corrected chi connectivity index (χ4v) is 2.59. The van der Waals surface area contributed by atoms with Crippen molar-refractivity contribution in [2.45, 2.75) is 39.2 Å². The van der Waals surface area contributed by atoms with E-state index >= 15 is 0 Å². The predicted octanol–water partition coefficient (Wildman–Crippen LogP) is 2.45. The Morgan fingerprint density at radius 1 is 1.44 bits per heavy atom. The molecule has 104 valence electrons. The summed E-state index contributed by atoms with van der Waals surface area (Å²) in [4.78, 5) is 0. The maximum atomic E-state index is 11.1. The zero-order valence-corrected chi connectivity index (χ0v) is 12.2. The Kier molecular flexibility index (Phi) is 5.88. The van der Waals surface area contributed by atoms with E-state index in [1.807, 2.05) is 13.0 Å². The maximum Gasteiger partial charge on any atom is 0.147 e. The van der Waals surface area contributed by atoms with Crippen LogP contribution in [0.3, 0.4) is 0 Å². The number of aryl methyl sites for hydroxylation is 1. The maximum absolute atomic E-state index is 11.1. The Balaban J connectivity index is 2.56. The van der Waals surface area contributed by atoms with E-state index in [1.54, 1.807) is 6.26 Å². The summed E-state index contributed by atoms with van der Waals surface area (Å²) in [6, 6.07) is 2.19. The van der Waals surface area contributed by atoms with Gasteiger partial charge in [0.1, 0.15) is 15.6 Å². The van der Waals surface area contributed by atoms with E-state index in [2.05, 4.69) is 12.2 Å². The average Bonchev–Trinajstić information content (AvgIpc) is 2.68. The van der Waals surface area contributed by atoms with E-state index in [0.717, 1.165) is 30.7 Å². The van der Waals surface area contributed by atoms with Crippen molar-refractivity contribution in [3.63, 3.8) is 0 Å². The molecule has 1 aromatic rings. The lowest BCUT2D eigenvalue weighted by Gasteiger charge is -2.16. The number of sulfone groups is 1. The molecule has 5 heteroatoms. The van der Waals surface area contributed by atoms with Gasteiger partial charge in [0.15, 0.2) is 0 Å². The minimum atomic E-state index is -2.87. The third-order valence-electron chi connectivity index (χ3n) is 2.80. The molecule has 0 aliphatic carbocycles. The first-order chi connectivity index (χ1) is 8.42. The highest BCUT2D eigenvalue weighted by molar-refractivity contribution is 7.90. The summed E-state index contributed by atoms with van der Waals surface area (Å²) in [5.74, 6) is 1.13. The van der Waals surface area contributed by atoms with Crippen LogP contribution in [0, 0.1) is 6.92 Å². The minimum Gasteiger partial charge on any atom is -0.469 e. The van der Waals surface area contributed by atoms with Crippen LogP contribution in [-0.4, -0.2) is 27.0 Å². The van der Waals surface area contributed by atoms with Gasteiger partial charge < -0.3 is 9.73 Å². The highest BCUT2D eigenvalue weighted by Crippen LogP contribution is 2.21. The van der Waals surface area contributed by atoms with Crippen molar-refractivity contribution in [2.24, 2.45) is 0 Å². The summed E-state index contributed by atoms with van der Waals surface area (Å²) in [5.41, 5.74) is 1.11. The zero-order valence-electron chi connectivity index (χ0n) is 11.4. The molecule has 0 saturated heterocycles. The van der Waals surface area contributed by atoms with Gasteiger partial charge in [-0.1, -0.05) is 6.92 Å². The van der Waals surface area contributed by atoms with Crippen LogP contribution in [0.2, 0.25) is 0 Å². The summed E-state index contributed by atoms with van der Waals surface area (Å²) in [5, 5.41) is 3.43. The Morgan fingerprint density at radius 3 is 2.67 bits per heavy atom. The third-order valence-corrected chi connectivity index (χ3v) is 3.83. The largest absolute Gasteiger partial charge is 0.469 e. The third kappa shape index (κ3) is 5.69. The number of rotatable bonds is 8. The van der Waals surface area contributed by atoms with Crippen LogP contribution in [0.1, 0.15) is 43.6 Å². The molecule has 0 aromatic carbocycles. The van der Waals surface area contributed by atoms with E-state index in [1.165, 1.54) is 6.26 Å². The number of hydrogen-bond donors (Lipinski definition) is 1. The average molecular weight is 273 g/mol. The second kappa shape index (κ2) is 6.95. The molecule has 1 unspecified atom stereocenters. The lowest BCUT2D eigenvalue weighted by molar-refractivity contribution is 0.480. The molecule has 0 fully saturated rings. The summed E-state index contributed by atoms with van der Waals surface area (Å²) >= 11 is 0. The molecule has 1 N–H and O–H groups in total. The molecular weight excluding hydrogens is 250 g/mol. The highest BCUT2D eigenvalue weighted by atomic mass is 32.2. The molecule has 1 heterocycles. The molecule has 4 nitrogen and oxygen atoms in total. The van der Waals surface area contributed by atoms with Crippen molar-refractivity contribution >= 4 is 9.84 Å². The molecule has 0 saturated carbocycles. The van der Waals surface area contributed by atoms with Gasteiger partial charge in [-0.2, -0.15) is 0 Å². The SMILES string of the molecule is CCCNC(CCCS(C)(=O)=O)c1coc(C)c1. The second-order valence-electron chi connectivity index (χ2n) is 4.77. The molecular formula is C13H23NO3S. The minimum absolute atomic E-state index is 0.184. The second-order valence-corrected chi connectivity index (χ2v) is 7.03. The summed E-state index contributed by atoms with van der Waals surface area (Å²) in [6.07, 6.45) is 5.57. The van der Waals surface area contributed by atoms with Gasteiger partial charge in [0.05, 0.1) is 6.26 Å². The summed E-state index contributed by atoms with van der Waals surface area (Å²) < 4.78 is 27.6. The molecule has 0 aliphatic rings. The van der Waals surface area contributed by atoms with Gasteiger partial charge in [-0.25, -0.2) is 8.42 Å². The zero-order chi connectivity index (χ0) is 13.6. The van der Waals surface area contributed by atoms with Crippen LogP contribution in [0.25, 0.3) is 0 Å². The molecule has 0 aliphatic heterocycles. The highest BCUT2D eigenvalue weighted by Gasteiger charge is 2.14. The predicted molar refractivity (Wildman–Crippen MR) is 73.4 cm³/mol. The number of hydrogen-bond acceptors (Lipinski definition) is 4. The topological polar surface area (TPSA) is 59.3 Å². The summed E-state index contributed by atoms with van der Waals surface area (Å²) in [6.45, 7) is 4.95. The normalized spacial score (nSPS) is 13.7. The number of nitrogens with one attached hydrogen (secondary N) is 1. The van der Waals surface area contributed by atoms with Crippen LogP contribution in [-0.2, 0) is 9.84 Å². The van der Waals surface area contributed by atoms with Gasteiger partial charge in [-0.05, 0) is 38.8 Å². The monoisotopic (exact) mass is 273 g/mol. The Labute approximate surface area is 110 Å². The van der Waals surface area contributed by atoms with Crippen molar-refractivity contribution in [1.82, 2.24) is 5.32 Å². The van der Waals surface area contributed by atoms with Crippen molar-refractivity contribution in [1.29, 1.82) is 0 Å². The summed E-state index contributed by atoms with van der Waals surface area (Å²) in [7, 11) is -2.87. The van der Waals surface area contributed by atoms with E-state index in [-0.39, 0.29) is 11.8 Å². The molecule has 1 aromatic heterocycles. The van der Waals surface area contributed by atoms with Gasteiger partial charge in [-0.15, -0.1) is 0 Å². The fourth-order valence-electron chi connectivity index (χ4n) is 1.90. The van der Waals surface area contributed by atoms with Gasteiger partial charge in [0, 0.05) is 23.6 Å². The van der Waals surface area contributed by atoms with E-state index in [4.69, 9.17) is 4.42 Å². The standard InChI is InChI=1S/C13H23NO3S/c1-4-7-14-13(6-5-8-18(3,15)16)12-9-11(2)17-10-12/h9-10,13-14H,4-8H2,1-3H3. The van der Waals surface area contributed by atoms with Crippen molar-refractivity contribution in [3.05, 3.63) is 23.7 Å². The first-order valence-corrected chi connectivity index (χ1v) is 8.44. The van der Waals surface area contributed by atoms with Gasteiger partial charge in [-0.3, -0.25) is 0 Å². The first-order valence-electron chi connectivity index (χ1n) is 6.38. The Bertz CT molecular complexity index is 451. The van der Waals surface area contributed by atoms with E-state index in [0.29, 0.717) is 6.42 Å². The van der Waals surface area contributed by atoms with E-state index < -0.39 is 9.84 Å². The van der Waals surface area contributed by atoms with Crippen LogP contribution < -0.4 is 5.32 Å². The molecule has 18 heavy (non-hydrogen) atoms. The molecule has 0 bridgehead atoms.